The van der Waals surface area contributed by atoms with Gasteiger partial charge in [0.05, 0.1) is 16.9 Å². The lowest BCUT2D eigenvalue weighted by molar-refractivity contribution is 0.102. The summed E-state index contributed by atoms with van der Waals surface area (Å²) in [7, 11) is 0. The van der Waals surface area contributed by atoms with E-state index in [1.54, 1.807) is 28.9 Å². The van der Waals surface area contributed by atoms with Gasteiger partial charge in [0.2, 0.25) is 0 Å². The maximum atomic E-state index is 13.6. The second-order valence-corrected chi connectivity index (χ2v) is 8.40. The number of hydrogen-bond acceptors (Lipinski definition) is 4. The number of carbonyl (C=O) groups excluding carboxylic acids is 1. The van der Waals surface area contributed by atoms with Crippen molar-refractivity contribution in [1.29, 1.82) is 0 Å². The van der Waals surface area contributed by atoms with E-state index in [4.69, 9.17) is 16.7 Å². The van der Waals surface area contributed by atoms with Gasteiger partial charge in [-0.25, -0.2) is 4.68 Å². The molecule has 1 amide bonds. The fourth-order valence-corrected chi connectivity index (χ4v) is 4.12. The van der Waals surface area contributed by atoms with Gasteiger partial charge in [-0.3, -0.25) is 4.79 Å². The molecule has 2 N–H and O–H groups in total. The lowest BCUT2D eigenvalue weighted by atomic mass is 9.96. The van der Waals surface area contributed by atoms with Crippen LogP contribution in [0.3, 0.4) is 0 Å². The summed E-state index contributed by atoms with van der Waals surface area (Å²) < 4.78 is 1.70. The van der Waals surface area contributed by atoms with E-state index in [2.05, 4.69) is 10.5 Å². The van der Waals surface area contributed by atoms with Crippen LogP contribution < -0.4 is 5.32 Å². The van der Waals surface area contributed by atoms with Gasteiger partial charge in [0.15, 0.2) is 5.69 Å². The topological polar surface area (TPSA) is 79.5 Å². The second kappa shape index (κ2) is 10.3. The molecule has 1 heterocycles. The fraction of sp³-hybridized carbons (Fsp3) is 0. The van der Waals surface area contributed by atoms with Gasteiger partial charge in [-0.15, -0.1) is 0 Å². The summed E-state index contributed by atoms with van der Waals surface area (Å²) >= 11 is 6.01. The number of rotatable bonds is 6. The number of aromatic nitrogens is 2. The number of anilines is 1. The minimum atomic E-state index is -0.448. The Bertz CT molecular complexity index is 1510. The van der Waals surface area contributed by atoms with Crippen LogP contribution in [-0.2, 0) is 0 Å². The van der Waals surface area contributed by atoms with E-state index in [-0.39, 0.29) is 11.4 Å². The van der Waals surface area contributed by atoms with Gasteiger partial charge in [0.1, 0.15) is 5.71 Å². The number of para-hydroxylation sites is 1. The molecule has 0 fully saturated rings. The van der Waals surface area contributed by atoms with E-state index < -0.39 is 5.91 Å². The molecule has 0 aliphatic heterocycles. The van der Waals surface area contributed by atoms with Gasteiger partial charge >= 0.3 is 0 Å². The number of halogens is 1. The van der Waals surface area contributed by atoms with Crippen LogP contribution in [0.2, 0.25) is 5.02 Å². The highest BCUT2D eigenvalue weighted by atomic mass is 35.5. The Morgan fingerprint density at radius 2 is 1.39 bits per heavy atom. The molecule has 0 aliphatic carbocycles. The molecule has 0 radical (unpaired) electrons. The highest BCUT2D eigenvalue weighted by Gasteiger charge is 2.29. The Morgan fingerprint density at radius 1 is 0.806 bits per heavy atom. The number of amides is 1. The largest absolute Gasteiger partial charge is 0.410 e. The average molecular weight is 493 g/mol. The van der Waals surface area contributed by atoms with Gasteiger partial charge in [-0.2, -0.15) is 5.10 Å². The molecule has 7 heteroatoms. The Morgan fingerprint density at radius 3 is 2.00 bits per heavy atom. The van der Waals surface area contributed by atoms with Crippen LogP contribution in [0, 0.1) is 0 Å². The van der Waals surface area contributed by atoms with E-state index >= 15 is 0 Å². The zero-order valence-electron chi connectivity index (χ0n) is 19.0. The van der Waals surface area contributed by atoms with Crippen molar-refractivity contribution in [3.05, 3.63) is 137 Å². The SMILES string of the molecule is O=C(Nc1ccc(Cl)cc1)c1nn(-c2ccccc2)c(-c2ccccc2)c1/C(=N/O)c1ccccc1. The van der Waals surface area contributed by atoms with Crippen molar-refractivity contribution in [3.63, 3.8) is 0 Å². The first-order chi connectivity index (χ1) is 17.7. The maximum absolute atomic E-state index is 13.6. The zero-order valence-corrected chi connectivity index (χ0v) is 19.8. The Hall–Kier alpha value is -4.68. The van der Waals surface area contributed by atoms with Gasteiger partial charge in [-0.05, 0) is 36.4 Å². The smallest absolute Gasteiger partial charge is 0.276 e. The molecule has 0 saturated heterocycles. The molecule has 0 spiro atoms. The molecule has 0 bridgehead atoms. The monoisotopic (exact) mass is 492 g/mol. The number of nitrogens with one attached hydrogen (secondary N) is 1. The number of oxime groups is 1. The quantitative estimate of drug-likeness (QED) is 0.158. The molecule has 1 aromatic heterocycles. The first-order valence-electron chi connectivity index (χ1n) is 11.2. The van der Waals surface area contributed by atoms with Crippen LogP contribution in [0.15, 0.2) is 120 Å². The molecule has 6 nitrogen and oxygen atoms in total. The first-order valence-corrected chi connectivity index (χ1v) is 11.6. The molecule has 0 aliphatic rings. The lowest BCUT2D eigenvalue weighted by Crippen LogP contribution is -2.17. The van der Waals surface area contributed by atoms with Crippen molar-refractivity contribution in [1.82, 2.24) is 9.78 Å². The van der Waals surface area contributed by atoms with Gasteiger partial charge < -0.3 is 10.5 Å². The summed E-state index contributed by atoms with van der Waals surface area (Å²) in [6.07, 6.45) is 0. The molecule has 5 rings (SSSR count). The summed E-state index contributed by atoms with van der Waals surface area (Å²) in [6.45, 7) is 0. The van der Waals surface area contributed by atoms with E-state index in [1.165, 1.54) is 0 Å². The lowest BCUT2D eigenvalue weighted by Gasteiger charge is -2.12. The molecular weight excluding hydrogens is 472 g/mol. The van der Waals surface area contributed by atoms with Crippen LogP contribution in [0.1, 0.15) is 21.6 Å². The summed E-state index contributed by atoms with van der Waals surface area (Å²) in [5, 5.41) is 22.1. The molecule has 176 valence electrons. The van der Waals surface area contributed by atoms with Crippen molar-refractivity contribution in [2.24, 2.45) is 5.16 Å². The normalized spacial score (nSPS) is 11.3. The zero-order chi connectivity index (χ0) is 24.9. The number of benzene rings is 4. The average Bonchev–Trinajstić information content (AvgIpc) is 3.32. The van der Waals surface area contributed by atoms with Crippen molar-refractivity contribution in [3.8, 4) is 16.9 Å². The third kappa shape index (κ3) is 4.62. The molecule has 0 unspecified atom stereocenters. The van der Waals surface area contributed by atoms with E-state index in [0.717, 1.165) is 11.3 Å². The molecule has 5 aromatic rings. The van der Waals surface area contributed by atoms with Gasteiger partial charge in [-0.1, -0.05) is 95.6 Å². The van der Waals surface area contributed by atoms with Crippen LogP contribution in [0.25, 0.3) is 16.9 Å². The Kier molecular flexibility index (Phi) is 6.60. The minimum Gasteiger partial charge on any atom is -0.410 e. The molecule has 0 atom stereocenters. The van der Waals surface area contributed by atoms with Gasteiger partial charge in [0, 0.05) is 21.8 Å². The van der Waals surface area contributed by atoms with Crippen LogP contribution in [0.4, 0.5) is 5.69 Å². The van der Waals surface area contributed by atoms with Crippen LogP contribution in [-0.4, -0.2) is 26.6 Å². The third-order valence-corrected chi connectivity index (χ3v) is 5.89. The fourth-order valence-electron chi connectivity index (χ4n) is 3.99. The molecule has 4 aromatic carbocycles. The van der Waals surface area contributed by atoms with Crippen molar-refractivity contribution in [2.45, 2.75) is 0 Å². The standard InChI is InChI=1S/C29H21ClN4O2/c30-22-16-18-23(19-17-22)31-29(35)27-25(26(33-36)20-10-4-1-5-11-20)28(21-12-6-2-7-13-21)34(32-27)24-14-8-3-9-15-24/h1-19,36H,(H,31,35)/b33-26+. The van der Waals surface area contributed by atoms with Gasteiger partial charge in [0.25, 0.3) is 5.91 Å². The number of nitrogens with zero attached hydrogens (tertiary/aromatic N) is 3. The van der Waals surface area contributed by atoms with Crippen LogP contribution >= 0.6 is 11.6 Å². The summed E-state index contributed by atoms with van der Waals surface area (Å²) in [4.78, 5) is 13.6. The third-order valence-electron chi connectivity index (χ3n) is 5.63. The highest BCUT2D eigenvalue weighted by molar-refractivity contribution is 6.30. The predicted molar refractivity (Wildman–Crippen MR) is 142 cm³/mol. The van der Waals surface area contributed by atoms with E-state index in [1.807, 2.05) is 91.0 Å². The van der Waals surface area contributed by atoms with Crippen molar-refractivity contribution in [2.75, 3.05) is 5.32 Å². The maximum Gasteiger partial charge on any atom is 0.276 e. The summed E-state index contributed by atoms with van der Waals surface area (Å²) in [5.74, 6) is -0.448. The predicted octanol–water partition coefficient (Wildman–Crippen LogP) is 6.67. The second-order valence-electron chi connectivity index (χ2n) is 7.96. The minimum absolute atomic E-state index is 0.115. The molecule has 0 saturated carbocycles. The molecular formula is C29H21ClN4O2. The Labute approximate surface area is 213 Å². The van der Waals surface area contributed by atoms with E-state index in [9.17, 15) is 10.0 Å². The van der Waals surface area contributed by atoms with Crippen LogP contribution in [0.5, 0.6) is 0 Å². The number of carbonyl (C=O) groups is 1. The van der Waals surface area contributed by atoms with Crippen molar-refractivity contribution >= 4 is 28.9 Å². The number of hydrogen-bond donors (Lipinski definition) is 2. The summed E-state index contributed by atoms with van der Waals surface area (Å²) in [6, 6.07) is 35.1. The molecule has 36 heavy (non-hydrogen) atoms. The Balaban J connectivity index is 1.77. The first kappa shape index (κ1) is 23.1. The van der Waals surface area contributed by atoms with E-state index in [0.29, 0.717) is 27.5 Å². The van der Waals surface area contributed by atoms with Crippen molar-refractivity contribution < 1.29 is 10.0 Å². The highest BCUT2D eigenvalue weighted by Crippen LogP contribution is 2.32. The summed E-state index contributed by atoms with van der Waals surface area (Å²) in [5.41, 5.74) is 4.16.